The molecule has 1 aromatic carbocycles. The summed E-state index contributed by atoms with van der Waals surface area (Å²) in [5.41, 5.74) is 2.20. The van der Waals surface area contributed by atoms with Gasteiger partial charge in [0.15, 0.2) is 0 Å². The van der Waals surface area contributed by atoms with Crippen LogP contribution in [0.2, 0.25) is 0 Å². The van der Waals surface area contributed by atoms with E-state index in [1.165, 1.54) is 11.6 Å². The van der Waals surface area contributed by atoms with Gasteiger partial charge in [0.05, 0.1) is 6.10 Å². The maximum Gasteiger partial charge on any atom is 0.330 e. The van der Waals surface area contributed by atoms with E-state index in [1.54, 1.807) is 6.08 Å². The van der Waals surface area contributed by atoms with Gasteiger partial charge < -0.3 is 9.47 Å². The molecule has 2 rings (SSSR count). The van der Waals surface area contributed by atoms with Crippen LogP contribution in [0.4, 0.5) is 0 Å². The molecule has 1 aliphatic rings. The van der Waals surface area contributed by atoms with Gasteiger partial charge in [0.25, 0.3) is 0 Å². The number of carbonyl (C=O) groups is 1. The Hall–Kier alpha value is -1.61. The van der Waals surface area contributed by atoms with Crippen LogP contribution in [0.5, 0.6) is 0 Å². The summed E-state index contributed by atoms with van der Waals surface area (Å²) in [6.07, 6.45) is 5.34. The minimum absolute atomic E-state index is 0.0849. The fourth-order valence-electron chi connectivity index (χ4n) is 1.84. The maximum atomic E-state index is 11.5. The average molecular weight is 246 g/mol. The van der Waals surface area contributed by atoms with Crippen molar-refractivity contribution in [2.24, 2.45) is 0 Å². The van der Waals surface area contributed by atoms with Crippen LogP contribution in [0.25, 0.3) is 6.08 Å². The Balaban J connectivity index is 1.77. The third-order valence-corrected chi connectivity index (χ3v) is 2.92. The fourth-order valence-corrected chi connectivity index (χ4v) is 1.84. The molecule has 0 aliphatic carbocycles. The third kappa shape index (κ3) is 4.00. The summed E-state index contributed by atoms with van der Waals surface area (Å²) in [5, 5.41) is 0. The molecule has 0 bridgehead atoms. The van der Waals surface area contributed by atoms with Crippen molar-refractivity contribution >= 4 is 12.0 Å². The van der Waals surface area contributed by atoms with Crippen LogP contribution in [0, 0.1) is 6.92 Å². The minimum atomic E-state index is -0.314. The highest BCUT2D eigenvalue weighted by Crippen LogP contribution is 2.12. The number of rotatable bonds is 4. The first-order chi connectivity index (χ1) is 8.74. The largest absolute Gasteiger partial charge is 0.460 e. The maximum absolute atomic E-state index is 11.5. The molecule has 0 aromatic heterocycles. The van der Waals surface area contributed by atoms with Crippen molar-refractivity contribution in [3.63, 3.8) is 0 Å². The Kier molecular flexibility index (Phi) is 4.53. The molecule has 96 valence electrons. The highest BCUT2D eigenvalue weighted by molar-refractivity contribution is 5.87. The van der Waals surface area contributed by atoms with Gasteiger partial charge in [-0.15, -0.1) is 0 Å². The van der Waals surface area contributed by atoms with Gasteiger partial charge in [-0.2, -0.15) is 0 Å². The first-order valence-corrected chi connectivity index (χ1v) is 6.27. The second-order valence-corrected chi connectivity index (χ2v) is 4.51. The number of benzene rings is 1. The molecule has 0 spiro atoms. The molecule has 0 amide bonds. The molecule has 1 saturated heterocycles. The second kappa shape index (κ2) is 6.36. The summed E-state index contributed by atoms with van der Waals surface area (Å²) in [7, 11) is 0. The van der Waals surface area contributed by atoms with Crippen molar-refractivity contribution in [1.29, 1.82) is 0 Å². The van der Waals surface area contributed by atoms with E-state index in [1.807, 2.05) is 31.2 Å². The first-order valence-electron chi connectivity index (χ1n) is 6.27. The first kappa shape index (κ1) is 12.8. The van der Waals surface area contributed by atoms with E-state index in [0.717, 1.165) is 25.0 Å². The predicted octanol–water partition coefficient (Wildman–Crippen LogP) is 2.73. The summed E-state index contributed by atoms with van der Waals surface area (Å²) in [6, 6.07) is 7.97. The molecule has 1 heterocycles. The van der Waals surface area contributed by atoms with Crippen molar-refractivity contribution in [2.45, 2.75) is 25.9 Å². The summed E-state index contributed by atoms with van der Waals surface area (Å²) in [6.45, 7) is 3.17. The van der Waals surface area contributed by atoms with Crippen molar-refractivity contribution in [3.8, 4) is 0 Å². The topological polar surface area (TPSA) is 35.5 Å². The van der Waals surface area contributed by atoms with Gasteiger partial charge >= 0.3 is 5.97 Å². The molecule has 18 heavy (non-hydrogen) atoms. The average Bonchev–Trinajstić information content (AvgIpc) is 2.89. The lowest BCUT2D eigenvalue weighted by Gasteiger charge is -2.08. The van der Waals surface area contributed by atoms with Crippen LogP contribution in [-0.2, 0) is 14.3 Å². The molecule has 0 saturated carbocycles. The van der Waals surface area contributed by atoms with Crippen molar-refractivity contribution in [1.82, 2.24) is 0 Å². The normalized spacial score (nSPS) is 19.3. The molecule has 3 heteroatoms. The standard InChI is InChI=1S/C15H18O3/c1-12-4-6-13(7-5-12)8-9-15(16)18-11-14-3-2-10-17-14/h4-9,14H,2-3,10-11H2,1H3. The summed E-state index contributed by atoms with van der Waals surface area (Å²) in [4.78, 5) is 11.5. The number of esters is 1. The Labute approximate surface area is 107 Å². The Bertz CT molecular complexity index is 414. The summed E-state index contributed by atoms with van der Waals surface area (Å²) >= 11 is 0. The Morgan fingerprint density at radius 3 is 2.89 bits per heavy atom. The van der Waals surface area contributed by atoms with Gasteiger partial charge in [-0.25, -0.2) is 4.79 Å². The van der Waals surface area contributed by atoms with Gasteiger partial charge in [0.2, 0.25) is 0 Å². The monoisotopic (exact) mass is 246 g/mol. The van der Waals surface area contributed by atoms with Gasteiger partial charge in [-0.3, -0.25) is 0 Å². The SMILES string of the molecule is Cc1ccc(C=CC(=O)OCC2CCCO2)cc1. The van der Waals surface area contributed by atoms with E-state index in [-0.39, 0.29) is 12.1 Å². The fraction of sp³-hybridized carbons (Fsp3) is 0.400. The molecule has 1 unspecified atom stereocenters. The smallest absolute Gasteiger partial charge is 0.330 e. The zero-order valence-corrected chi connectivity index (χ0v) is 10.6. The van der Waals surface area contributed by atoms with Crippen molar-refractivity contribution in [2.75, 3.05) is 13.2 Å². The van der Waals surface area contributed by atoms with E-state index in [2.05, 4.69) is 0 Å². The van der Waals surface area contributed by atoms with Gasteiger partial charge in [0.1, 0.15) is 6.61 Å². The zero-order chi connectivity index (χ0) is 12.8. The van der Waals surface area contributed by atoms with Crippen LogP contribution < -0.4 is 0 Å². The molecule has 1 atom stereocenters. The molecule has 1 aromatic rings. The number of hydrogen-bond donors (Lipinski definition) is 0. The quantitative estimate of drug-likeness (QED) is 0.605. The lowest BCUT2D eigenvalue weighted by atomic mass is 10.1. The highest BCUT2D eigenvalue weighted by atomic mass is 16.6. The molecule has 0 radical (unpaired) electrons. The van der Waals surface area contributed by atoms with Gasteiger partial charge in [-0.05, 0) is 31.4 Å². The highest BCUT2D eigenvalue weighted by Gasteiger charge is 2.16. The summed E-state index contributed by atoms with van der Waals surface area (Å²) in [5.74, 6) is -0.314. The van der Waals surface area contributed by atoms with E-state index in [9.17, 15) is 4.79 Å². The van der Waals surface area contributed by atoms with Gasteiger partial charge in [0, 0.05) is 12.7 Å². The number of ether oxygens (including phenoxy) is 2. The molecule has 3 nitrogen and oxygen atoms in total. The molecule has 0 N–H and O–H groups in total. The van der Waals surface area contributed by atoms with Gasteiger partial charge in [-0.1, -0.05) is 29.8 Å². The molecule has 1 aliphatic heterocycles. The van der Waals surface area contributed by atoms with Crippen molar-refractivity contribution < 1.29 is 14.3 Å². The second-order valence-electron chi connectivity index (χ2n) is 4.51. The molecular formula is C15H18O3. The Morgan fingerprint density at radius 1 is 1.44 bits per heavy atom. The van der Waals surface area contributed by atoms with E-state index >= 15 is 0 Å². The summed E-state index contributed by atoms with van der Waals surface area (Å²) < 4.78 is 10.5. The lowest BCUT2D eigenvalue weighted by molar-refractivity contribution is -0.140. The third-order valence-electron chi connectivity index (χ3n) is 2.92. The van der Waals surface area contributed by atoms with Crippen molar-refractivity contribution in [3.05, 3.63) is 41.5 Å². The van der Waals surface area contributed by atoms with Crippen LogP contribution in [0.1, 0.15) is 24.0 Å². The lowest BCUT2D eigenvalue weighted by Crippen LogP contribution is -2.16. The van der Waals surface area contributed by atoms with Crippen LogP contribution in [-0.4, -0.2) is 25.3 Å². The Morgan fingerprint density at radius 2 is 2.22 bits per heavy atom. The number of hydrogen-bond acceptors (Lipinski definition) is 3. The van der Waals surface area contributed by atoms with E-state index in [4.69, 9.17) is 9.47 Å². The molecule has 1 fully saturated rings. The number of carbonyl (C=O) groups excluding carboxylic acids is 1. The zero-order valence-electron chi connectivity index (χ0n) is 10.6. The number of aryl methyl sites for hydroxylation is 1. The van der Waals surface area contributed by atoms with Crippen LogP contribution in [0.3, 0.4) is 0 Å². The van der Waals surface area contributed by atoms with Crippen LogP contribution in [0.15, 0.2) is 30.3 Å². The van der Waals surface area contributed by atoms with E-state index < -0.39 is 0 Å². The minimum Gasteiger partial charge on any atom is -0.460 e. The van der Waals surface area contributed by atoms with E-state index in [0.29, 0.717) is 6.61 Å². The molecular weight excluding hydrogens is 228 g/mol. The van der Waals surface area contributed by atoms with Crippen LogP contribution >= 0.6 is 0 Å². The predicted molar refractivity (Wildman–Crippen MR) is 70.1 cm³/mol.